The van der Waals surface area contributed by atoms with Gasteiger partial charge in [-0.05, 0) is 23.7 Å². The second-order valence-electron chi connectivity index (χ2n) is 4.80. The molecule has 0 fully saturated rings. The quantitative estimate of drug-likeness (QED) is 0.714. The van der Waals surface area contributed by atoms with Crippen molar-refractivity contribution in [2.45, 2.75) is 26.2 Å². The Bertz CT molecular complexity index is 552. The van der Waals surface area contributed by atoms with Crippen molar-refractivity contribution < 1.29 is 4.79 Å². The number of aromatic nitrogens is 2. The number of nitrogens with zero attached hydrogens (tertiary/aromatic N) is 2. The average Bonchev–Trinajstić information content (AvgIpc) is 2.59. The Morgan fingerprint density at radius 1 is 1.44 bits per heavy atom. The van der Waals surface area contributed by atoms with Crippen molar-refractivity contribution in [2.75, 3.05) is 0 Å². The predicted molar refractivity (Wildman–Crippen MR) is 64.1 cm³/mol. The van der Waals surface area contributed by atoms with Crippen molar-refractivity contribution in [2.24, 2.45) is 0 Å². The molecule has 3 nitrogen and oxygen atoms in total. The van der Waals surface area contributed by atoms with Gasteiger partial charge >= 0.3 is 0 Å². The molecule has 0 bridgehead atoms. The van der Waals surface area contributed by atoms with Crippen LogP contribution >= 0.6 is 11.6 Å². The third-order valence-corrected chi connectivity index (χ3v) is 2.67. The molecule has 0 amide bonds. The molecule has 0 saturated heterocycles. The number of imidazole rings is 1. The summed E-state index contributed by atoms with van der Waals surface area (Å²) in [7, 11) is 0. The van der Waals surface area contributed by atoms with Crippen LogP contribution in [-0.4, -0.2) is 14.6 Å². The molecule has 0 aromatic carbocycles. The van der Waals surface area contributed by atoms with E-state index in [-0.39, 0.29) is 5.41 Å². The maximum absolute atomic E-state index is 11.2. The monoisotopic (exact) mass is 236 g/mol. The lowest BCUT2D eigenvalue weighted by Crippen LogP contribution is -2.11. The molecule has 0 aliphatic rings. The molecular weight excluding hydrogens is 224 g/mol. The molecule has 0 saturated carbocycles. The van der Waals surface area contributed by atoms with E-state index in [1.807, 2.05) is 16.8 Å². The summed E-state index contributed by atoms with van der Waals surface area (Å²) in [5.74, 6) is 0. The fraction of sp³-hybridized carbons (Fsp3) is 0.333. The molecule has 2 rings (SSSR count). The van der Waals surface area contributed by atoms with Crippen LogP contribution in [0.1, 0.15) is 36.8 Å². The lowest BCUT2D eigenvalue weighted by molar-refractivity contribution is 0.108. The fourth-order valence-electron chi connectivity index (χ4n) is 1.53. The van der Waals surface area contributed by atoms with Crippen molar-refractivity contribution in [3.05, 3.63) is 35.8 Å². The van der Waals surface area contributed by atoms with Gasteiger partial charge < -0.3 is 4.40 Å². The van der Waals surface area contributed by atoms with Crippen LogP contribution in [-0.2, 0) is 5.41 Å². The summed E-state index contributed by atoms with van der Waals surface area (Å²) in [4.78, 5) is 15.7. The molecule has 16 heavy (non-hydrogen) atoms. The van der Waals surface area contributed by atoms with Crippen LogP contribution in [0.5, 0.6) is 0 Å². The van der Waals surface area contributed by atoms with E-state index in [0.29, 0.717) is 11.2 Å². The van der Waals surface area contributed by atoms with Crippen molar-refractivity contribution in [1.82, 2.24) is 9.38 Å². The van der Waals surface area contributed by atoms with Gasteiger partial charge in [0.05, 0.1) is 11.3 Å². The first-order valence-electron chi connectivity index (χ1n) is 5.07. The van der Waals surface area contributed by atoms with E-state index >= 15 is 0 Å². The first-order valence-corrected chi connectivity index (χ1v) is 5.45. The lowest BCUT2D eigenvalue weighted by atomic mass is 9.93. The number of carbonyl (C=O) groups is 1. The molecular formula is C12H13ClN2O. The van der Waals surface area contributed by atoms with Crippen LogP contribution in [0.25, 0.3) is 5.65 Å². The molecule has 0 unspecified atom stereocenters. The fourth-order valence-corrected chi connectivity index (χ4v) is 1.68. The minimum atomic E-state index is -0.475. The molecule has 4 heteroatoms. The second kappa shape index (κ2) is 3.59. The first-order chi connectivity index (χ1) is 7.39. The van der Waals surface area contributed by atoms with Crippen LogP contribution in [0.4, 0.5) is 0 Å². The molecule has 0 N–H and O–H groups in total. The largest absolute Gasteiger partial charge is 0.306 e. The van der Waals surface area contributed by atoms with Gasteiger partial charge in [-0.3, -0.25) is 4.79 Å². The number of hydrogen-bond acceptors (Lipinski definition) is 2. The lowest BCUT2D eigenvalue weighted by Gasteiger charge is -2.13. The van der Waals surface area contributed by atoms with E-state index in [1.165, 1.54) is 0 Å². The van der Waals surface area contributed by atoms with Gasteiger partial charge in [-0.25, -0.2) is 4.98 Å². The van der Waals surface area contributed by atoms with Crippen molar-refractivity contribution in [3.8, 4) is 0 Å². The zero-order valence-corrected chi connectivity index (χ0v) is 10.2. The highest BCUT2D eigenvalue weighted by molar-refractivity contribution is 6.68. The molecule has 0 aliphatic heterocycles. The smallest absolute Gasteiger partial charge is 0.256 e. The highest BCUT2D eigenvalue weighted by atomic mass is 35.5. The summed E-state index contributed by atoms with van der Waals surface area (Å²) in [6.07, 6.45) is 3.79. The molecule has 0 atom stereocenters. The van der Waals surface area contributed by atoms with E-state index in [2.05, 4.69) is 25.8 Å². The van der Waals surface area contributed by atoms with Crippen molar-refractivity contribution in [1.29, 1.82) is 0 Å². The SMILES string of the molecule is CC(C)(C)c1cn2cccc(C(=O)Cl)c2n1. The zero-order chi connectivity index (χ0) is 11.9. The van der Waals surface area contributed by atoms with Gasteiger partial charge in [-0.2, -0.15) is 0 Å². The maximum Gasteiger partial charge on any atom is 0.256 e. The minimum Gasteiger partial charge on any atom is -0.306 e. The number of hydrogen-bond donors (Lipinski definition) is 0. The Kier molecular flexibility index (Phi) is 2.50. The van der Waals surface area contributed by atoms with Crippen LogP contribution in [0.2, 0.25) is 0 Å². The number of halogens is 1. The highest BCUT2D eigenvalue weighted by Crippen LogP contribution is 2.23. The van der Waals surface area contributed by atoms with E-state index in [1.54, 1.807) is 12.1 Å². The third-order valence-electron chi connectivity index (χ3n) is 2.46. The summed E-state index contributed by atoms with van der Waals surface area (Å²) in [6, 6.07) is 3.47. The van der Waals surface area contributed by atoms with Gasteiger partial charge in [-0.15, -0.1) is 0 Å². The van der Waals surface area contributed by atoms with Gasteiger partial charge in [-0.1, -0.05) is 20.8 Å². The summed E-state index contributed by atoms with van der Waals surface area (Å²) < 4.78 is 1.83. The molecule has 2 aromatic rings. The molecule has 84 valence electrons. The van der Waals surface area contributed by atoms with E-state index < -0.39 is 5.24 Å². The summed E-state index contributed by atoms with van der Waals surface area (Å²) in [5, 5.41) is -0.475. The maximum atomic E-state index is 11.2. The van der Waals surface area contributed by atoms with Gasteiger partial charge in [0.25, 0.3) is 5.24 Å². The molecule has 2 aromatic heterocycles. The Morgan fingerprint density at radius 3 is 2.69 bits per heavy atom. The molecule has 0 spiro atoms. The second-order valence-corrected chi connectivity index (χ2v) is 5.15. The van der Waals surface area contributed by atoms with E-state index in [9.17, 15) is 4.79 Å². The number of pyridine rings is 1. The summed E-state index contributed by atoms with van der Waals surface area (Å²) in [6.45, 7) is 6.24. The van der Waals surface area contributed by atoms with Crippen molar-refractivity contribution >= 4 is 22.5 Å². The topological polar surface area (TPSA) is 34.4 Å². The number of rotatable bonds is 1. The molecule has 2 heterocycles. The molecule has 0 aliphatic carbocycles. The number of fused-ring (bicyclic) bond motifs is 1. The number of carbonyl (C=O) groups excluding carboxylic acids is 1. The third kappa shape index (κ3) is 1.83. The molecule has 0 radical (unpaired) electrons. The van der Waals surface area contributed by atoms with Gasteiger partial charge in [0.1, 0.15) is 5.65 Å². The average molecular weight is 237 g/mol. The Morgan fingerprint density at radius 2 is 2.12 bits per heavy atom. The van der Waals surface area contributed by atoms with E-state index in [0.717, 1.165) is 5.69 Å². The van der Waals surface area contributed by atoms with Gasteiger partial charge in [0.15, 0.2) is 0 Å². The normalized spacial score (nSPS) is 12.0. The van der Waals surface area contributed by atoms with Gasteiger partial charge in [0.2, 0.25) is 0 Å². The summed E-state index contributed by atoms with van der Waals surface area (Å²) in [5.41, 5.74) is 1.96. The standard InChI is InChI=1S/C12H13ClN2O/c1-12(2,3)9-7-15-6-4-5-8(10(13)16)11(15)14-9/h4-7H,1-3H3. The van der Waals surface area contributed by atoms with Crippen LogP contribution in [0.15, 0.2) is 24.5 Å². The Hall–Kier alpha value is -1.35. The minimum absolute atomic E-state index is 0.0430. The Labute approximate surface area is 99.1 Å². The van der Waals surface area contributed by atoms with Crippen LogP contribution in [0.3, 0.4) is 0 Å². The van der Waals surface area contributed by atoms with Crippen molar-refractivity contribution in [3.63, 3.8) is 0 Å². The Balaban J connectivity index is 2.71. The van der Waals surface area contributed by atoms with Gasteiger partial charge in [0, 0.05) is 17.8 Å². The van der Waals surface area contributed by atoms with Crippen LogP contribution in [0, 0.1) is 0 Å². The van der Waals surface area contributed by atoms with E-state index in [4.69, 9.17) is 11.6 Å². The predicted octanol–water partition coefficient (Wildman–Crippen LogP) is 3.01. The summed E-state index contributed by atoms with van der Waals surface area (Å²) >= 11 is 5.51. The first kappa shape index (κ1) is 11.1. The highest BCUT2D eigenvalue weighted by Gasteiger charge is 2.19. The zero-order valence-electron chi connectivity index (χ0n) is 9.49. The van der Waals surface area contributed by atoms with Crippen LogP contribution < -0.4 is 0 Å².